The van der Waals surface area contributed by atoms with E-state index in [0.29, 0.717) is 17.5 Å². The summed E-state index contributed by atoms with van der Waals surface area (Å²) < 4.78 is 25.5. The molecule has 1 aromatic carbocycles. The number of nitrogens with zero attached hydrogens (tertiary/aromatic N) is 1. The van der Waals surface area contributed by atoms with E-state index in [0.717, 1.165) is 24.8 Å². The molecule has 1 heterocycles. The van der Waals surface area contributed by atoms with Crippen molar-refractivity contribution in [3.63, 3.8) is 0 Å². The van der Waals surface area contributed by atoms with E-state index in [1.54, 1.807) is 27.7 Å². The zero-order chi connectivity index (χ0) is 31.0. The number of rotatable bonds is 13. The van der Waals surface area contributed by atoms with E-state index in [1.807, 2.05) is 30.3 Å². The Morgan fingerprint density at radius 2 is 1.71 bits per heavy atom. The number of carbonyl (C=O) groups excluding carboxylic acids is 2. The maximum atomic E-state index is 14.1. The fourth-order valence-electron chi connectivity index (χ4n) is 5.40. The van der Waals surface area contributed by atoms with Gasteiger partial charge in [0.05, 0.1) is 34.6 Å². The molecule has 0 radical (unpaired) electrons. The van der Waals surface area contributed by atoms with Gasteiger partial charge in [0.2, 0.25) is 5.91 Å². The summed E-state index contributed by atoms with van der Waals surface area (Å²) in [6, 6.07) is 9.16. The first-order valence-corrected chi connectivity index (χ1v) is 16.9. The van der Waals surface area contributed by atoms with Crippen LogP contribution in [-0.4, -0.2) is 46.7 Å². The summed E-state index contributed by atoms with van der Waals surface area (Å²) in [5.41, 5.74) is -0.222. The zero-order valence-corrected chi connectivity index (χ0v) is 27.0. The van der Waals surface area contributed by atoms with Crippen molar-refractivity contribution < 1.29 is 18.0 Å². The zero-order valence-electron chi connectivity index (χ0n) is 26.2. The summed E-state index contributed by atoms with van der Waals surface area (Å²) in [7, 11) is -3.63. The summed E-state index contributed by atoms with van der Waals surface area (Å²) in [5, 5.41) is 6.16. The lowest BCUT2D eigenvalue weighted by Crippen LogP contribution is -2.58. The Morgan fingerprint density at radius 1 is 1.05 bits per heavy atom. The van der Waals surface area contributed by atoms with Crippen LogP contribution in [0.25, 0.3) is 0 Å². The molecule has 8 nitrogen and oxygen atoms in total. The number of amides is 2. The van der Waals surface area contributed by atoms with Gasteiger partial charge < -0.3 is 15.6 Å². The number of aromatic nitrogens is 2. The highest BCUT2D eigenvalue weighted by Crippen LogP contribution is 2.29. The van der Waals surface area contributed by atoms with Crippen LogP contribution in [0, 0.1) is 17.8 Å². The summed E-state index contributed by atoms with van der Waals surface area (Å²) in [6.45, 7) is 10.8. The number of H-pyrrole nitrogens is 1. The Hall–Kier alpha value is -2.94. The molecule has 2 aromatic rings. The molecule has 0 saturated heterocycles. The van der Waals surface area contributed by atoms with Gasteiger partial charge in [0.1, 0.15) is 0 Å². The number of hydrogen-bond donors (Lipinski definition) is 3. The molecule has 232 valence electrons. The number of imidazole rings is 1. The minimum absolute atomic E-state index is 0.191. The first-order valence-electron chi connectivity index (χ1n) is 15.3. The molecule has 42 heavy (non-hydrogen) atoms. The van der Waals surface area contributed by atoms with E-state index in [-0.39, 0.29) is 24.1 Å². The van der Waals surface area contributed by atoms with Gasteiger partial charge in [-0.25, -0.2) is 13.4 Å². The van der Waals surface area contributed by atoms with Gasteiger partial charge in [0.25, 0.3) is 5.91 Å². The highest BCUT2D eigenvalue weighted by molar-refractivity contribution is 7.92. The molecular weight excluding hydrogens is 548 g/mol. The average molecular weight is 599 g/mol. The van der Waals surface area contributed by atoms with E-state index in [2.05, 4.69) is 46.6 Å². The number of aromatic amines is 1. The SMILES string of the molecule is CC(C)C=C[C@@H](CC1CCCCC1)NC(=O)[C@@](C)(NC(=O)[C@H](Cc1ccccc1)CS(=O)(=O)C(C)(C)C)c1cnc[nH]1. The number of hydrogen-bond acceptors (Lipinski definition) is 5. The second kappa shape index (κ2) is 14.5. The van der Waals surface area contributed by atoms with E-state index in [9.17, 15) is 18.0 Å². The second-order valence-electron chi connectivity index (χ2n) is 13.3. The Labute approximate surface area is 252 Å². The van der Waals surface area contributed by atoms with Gasteiger partial charge in [-0.3, -0.25) is 9.59 Å². The number of nitrogens with one attached hydrogen (secondary N) is 3. The quantitative estimate of drug-likeness (QED) is 0.264. The lowest BCUT2D eigenvalue weighted by atomic mass is 9.84. The average Bonchev–Trinajstić information content (AvgIpc) is 3.47. The van der Waals surface area contributed by atoms with Gasteiger partial charge >= 0.3 is 0 Å². The third kappa shape index (κ3) is 9.28. The van der Waals surface area contributed by atoms with Gasteiger partial charge in [-0.2, -0.15) is 0 Å². The standard InChI is InChI=1S/C33H50N4O4S/c1-24(2)17-18-28(20-26-15-11-8-12-16-26)36-31(39)33(6,29-21-34-23-35-29)37-30(38)27(19-25-13-9-7-10-14-25)22-42(40,41)32(3,4)5/h7,9-10,13-14,17-18,21,23-24,26-28H,8,11-12,15-16,19-20,22H2,1-6H3,(H,34,35)(H,36,39)(H,37,38)/t27-,28+,33+/m1/s1. The van der Waals surface area contributed by atoms with Crippen molar-refractivity contribution in [1.82, 2.24) is 20.6 Å². The summed E-state index contributed by atoms with van der Waals surface area (Å²) in [6.07, 6.45) is 14.2. The van der Waals surface area contributed by atoms with Crippen LogP contribution in [0.1, 0.15) is 91.3 Å². The molecule has 1 fully saturated rings. The van der Waals surface area contributed by atoms with Crippen molar-refractivity contribution in [2.24, 2.45) is 17.8 Å². The first kappa shape index (κ1) is 33.6. The van der Waals surface area contributed by atoms with Crippen LogP contribution in [0.2, 0.25) is 0 Å². The fraction of sp³-hybridized carbons (Fsp3) is 0.606. The number of carbonyl (C=O) groups is 2. The lowest BCUT2D eigenvalue weighted by Gasteiger charge is -2.33. The van der Waals surface area contributed by atoms with Crippen LogP contribution in [0.5, 0.6) is 0 Å². The molecule has 3 N–H and O–H groups in total. The predicted molar refractivity (Wildman–Crippen MR) is 168 cm³/mol. The molecule has 1 aromatic heterocycles. The molecule has 0 aliphatic heterocycles. The number of benzene rings is 1. The van der Waals surface area contributed by atoms with Crippen molar-refractivity contribution in [2.75, 3.05) is 5.75 Å². The van der Waals surface area contributed by atoms with E-state index < -0.39 is 31.9 Å². The van der Waals surface area contributed by atoms with Crippen LogP contribution in [0.4, 0.5) is 0 Å². The van der Waals surface area contributed by atoms with Crippen molar-refractivity contribution in [3.8, 4) is 0 Å². The summed E-state index contributed by atoms with van der Waals surface area (Å²) in [4.78, 5) is 35.2. The Bertz CT molecular complexity index is 1280. The third-order valence-electron chi connectivity index (χ3n) is 8.27. The predicted octanol–water partition coefficient (Wildman–Crippen LogP) is 5.48. The maximum Gasteiger partial charge on any atom is 0.252 e. The van der Waals surface area contributed by atoms with Gasteiger partial charge in [0.15, 0.2) is 15.4 Å². The van der Waals surface area contributed by atoms with Crippen LogP contribution >= 0.6 is 0 Å². The summed E-state index contributed by atoms with van der Waals surface area (Å²) >= 11 is 0. The maximum absolute atomic E-state index is 14.1. The van der Waals surface area contributed by atoms with Crippen LogP contribution in [-0.2, 0) is 31.4 Å². The first-order chi connectivity index (χ1) is 19.7. The van der Waals surface area contributed by atoms with Gasteiger partial charge in [-0.1, -0.05) is 88.4 Å². The summed E-state index contributed by atoms with van der Waals surface area (Å²) in [5.74, 6) is -1.23. The van der Waals surface area contributed by atoms with E-state index >= 15 is 0 Å². The fourth-order valence-corrected chi connectivity index (χ4v) is 6.70. The van der Waals surface area contributed by atoms with Crippen molar-refractivity contribution >= 4 is 21.7 Å². The molecule has 1 saturated carbocycles. The molecule has 1 aliphatic carbocycles. The Kier molecular flexibility index (Phi) is 11.6. The third-order valence-corrected chi connectivity index (χ3v) is 11.0. The molecule has 2 amide bonds. The van der Waals surface area contributed by atoms with Crippen LogP contribution in [0.15, 0.2) is 55.0 Å². The topological polar surface area (TPSA) is 121 Å². The van der Waals surface area contributed by atoms with Gasteiger partial charge in [0, 0.05) is 6.04 Å². The molecular formula is C33H50N4O4S. The Morgan fingerprint density at radius 3 is 2.29 bits per heavy atom. The van der Waals surface area contributed by atoms with Crippen LogP contribution < -0.4 is 10.6 Å². The second-order valence-corrected chi connectivity index (χ2v) is 16.1. The normalized spacial score (nSPS) is 18.0. The monoisotopic (exact) mass is 598 g/mol. The molecule has 9 heteroatoms. The van der Waals surface area contributed by atoms with Crippen molar-refractivity contribution in [2.45, 2.75) is 103 Å². The van der Waals surface area contributed by atoms with Crippen molar-refractivity contribution in [3.05, 3.63) is 66.3 Å². The minimum Gasteiger partial charge on any atom is -0.348 e. The van der Waals surface area contributed by atoms with Crippen molar-refractivity contribution in [1.29, 1.82) is 0 Å². The minimum atomic E-state index is -3.63. The highest BCUT2D eigenvalue weighted by Gasteiger charge is 2.42. The van der Waals surface area contributed by atoms with E-state index in [1.165, 1.54) is 31.8 Å². The molecule has 0 bridgehead atoms. The number of sulfone groups is 1. The van der Waals surface area contributed by atoms with Crippen LogP contribution in [0.3, 0.4) is 0 Å². The van der Waals surface area contributed by atoms with E-state index in [4.69, 9.17) is 0 Å². The van der Waals surface area contributed by atoms with Gasteiger partial charge in [-0.15, -0.1) is 0 Å². The molecule has 3 rings (SSSR count). The van der Waals surface area contributed by atoms with Gasteiger partial charge in [-0.05, 0) is 57.9 Å². The molecule has 0 spiro atoms. The molecule has 3 atom stereocenters. The molecule has 1 aliphatic rings. The largest absolute Gasteiger partial charge is 0.348 e. The molecule has 0 unspecified atom stereocenters. The smallest absolute Gasteiger partial charge is 0.252 e. The number of allylic oxidation sites excluding steroid dienone is 1. The Balaban J connectivity index is 1.91. The highest BCUT2D eigenvalue weighted by atomic mass is 32.2. The lowest BCUT2D eigenvalue weighted by molar-refractivity contribution is -0.135.